The van der Waals surface area contributed by atoms with Gasteiger partial charge in [-0.25, -0.2) is 0 Å². The minimum atomic E-state index is -2.47. The molecule has 36 heavy (non-hydrogen) atoms. The highest BCUT2D eigenvalue weighted by atomic mass is 28.4. The van der Waals surface area contributed by atoms with Crippen LogP contribution in [-0.4, -0.2) is 21.5 Å². The molecule has 0 radical (unpaired) electrons. The quantitative estimate of drug-likeness (QED) is 0.226. The molecule has 0 saturated heterocycles. The zero-order valence-corrected chi connectivity index (χ0v) is 24.2. The average Bonchev–Trinajstić information content (AvgIpc) is 2.85. The predicted octanol–water partition coefficient (Wildman–Crippen LogP) is 7.47. The largest absolute Gasteiger partial charge is 0.407 e. The van der Waals surface area contributed by atoms with Gasteiger partial charge in [0.05, 0.1) is 6.61 Å². The second kappa shape index (κ2) is 13.4. The van der Waals surface area contributed by atoms with Crippen molar-refractivity contribution in [3.05, 3.63) is 96.6 Å². The van der Waals surface area contributed by atoms with Gasteiger partial charge < -0.3 is 9.16 Å². The maximum absolute atomic E-state index is 7.16. The van der Waals surface area contributed by atoms with Crippen molar-refractivity contribution in [1.29, 1.82) is 0 Å². The third kappa shape index (κ3) is 7.65. The number of benzene rings is 3. The summed E-state index contributed by atoms with van der Waals surface area (Å²) in [5, 5.41) is 2.73. The van der Waals surface area contributed by atoms with Crippen LogP contribution in [0.4, 0.5) is 0 Å². The smallest absolute Gasteiger partial charge is 0.261 e. The maximum Gasteiger partial charge on any atom is 0.261 e. The Hall–Kier alpha value is -2.20. The molecule has 3 aromatic carbocycles. The highest BCUT2D eigenvalue weighted by molar-refractivity contribution is 6.99. The van der Waals surface area contributed by atoms with Gasteiger partial charge in [0.15, 0.2) is 0 Å². The summed E-state index contributed by atoms with van der Waals surface area (Å²) in [6.07, 6.45) is 2.35. The molecule has 0 saturated carbocycles. The lowest BCUT2D eigenvalue weighted by atomic mass is 9.90. The van der Waals surface area contributed by atoms with E-state index >= 15 is 0 Å². The first-order chi connectivity index (χ1) is 17.2. The monoisotopic (exact) mass is 502 g/mol. The molecule has 0 aromatic heterocycles. The van der Waals surface area contributed by atoms with Crippen molar-refractivity contribution >= 4 is 18.7 Å². The van der Waals surface area contributed by atoms with Crippen molar-refractivity contribution in [2.24, 2.45) is 17.8 Å². The molecule has 0 aliphatic rings. The van der Waals surface area contributed by atoms with Gasteiger partial charge in [-0.2, -0.15) is 0 Å². The van der Waals surface area contributed by atoms with Gasteiger partial charge >= 0.3 is 0 Å². The van der Waals surface area contributed by atoms with Crippen LogP contribution in [-0.2, 0) is 15.8 Å². The van der Waals surface area contributed by atoms with Crippen molar-refractivity contribution in [3.63, 3.8) is 0 Å². The second-order valence-electron chi connectivity index (χ2n) is 11.8. The van der Waals surface area contributed by atoms with Gasteiger partial charge in [-0.3, -0.25) is 0 Å². The van der Waals surface area contributed by atoms with Crippen LogP contribution in [0.5, 0.6) is 0 Å². The molecular weight excluding hydrogens is 456 g/mol. The third-order valence-electron chi connectivity index (χ3n) is 7.12. The van der Waals surface area contributed by atoms with E-state index in [2.05, 4.69) is 126 Å². The molecule has 0 fully saturated rings. The fourth-order valence-corrected chi connectivity index (χ4v) is 10.3. The van der Waals surface area contributed by atoms with E-state index in [4.69, 9.17) is 9.16 Å². The van der Waals surface area contributed by atoms with Crippen LogP contribution >= 0.6 is 0 Å². The van der Waals surface area contributed by atoms with Crippen LogP contribution in [0.2, 0.25) is 5.04 Å². The molecule has 0 unspecified atom stereocenters. The normalized spacial score (nSPS) is 14.8. The highest BCUT2D eigenvalue weighted by Crippen LogP contribution is 2.37. The summed E-state index contributed by atoms with van der Waals surface area (Å²) in [6, 6.07) is 32.4. The second-order valence-corrected chi connectivity index (χ2v) is 16.1. The van der Waals surface area contributed by atoms with Crippen molar-refractivity contribution in [2.45, 2.75) is 66.0 Å². The van der Waals surface area contributed by atoms with Gasteiger partial charge in [0, 0.05) is 13.2 Å². The minimum Gasteiger partial charge on any atom is -0.407 e. The van der Waals surface area contributed by atoms with Gasteiger partial charge in [0.2, 0.25) is 0 Å². The zero-order chi connectivity index (χ0) is 26.0. The summed E-state index contributed by atoms with van der Waals surface area (Å²) in [4.78, 5) is 0. The van der Waals surface area contributed by atoms with E-state index in [0.29, 0.717) is 24.4 Å². The molecule has 0 bridgehead atoms. The van der Waals surface area contributed by atoms with Crippen LogP contribution in [0.3, 0.4) is 0 Å². The van der Waals surface area contributed by atoms with E-state index in [1.807, 2.05) is 6.07 Å². The van der Waals surface area contributed by atoms with Crippen LogP contribution in [0.1, 0.15) is 59.9 Å². The molecule has 3 rings (SSSR count). The lowest BCUT2D eigenvalue weighted by Crippen LogP contribution is -2.66. The number of hydrogen-bond donors (Lipinski definition) is 0. The van der Waals surface area contributed by atoms with Gasteiger partial charge in [-0.1, -0.05) is 133 Å². The minimum absolute atomic E-state index is 0.0195. The Morgan fingerprint density at radius 1 is 0.611 bits per heavy atom. The Balaban J connectivity index is 1.60. The Kier molecular flexibility index (Phi) is 10.5. The van der Waals surface area contributed by atoms with Crippen molar-refractivity contribution in [2.75, 3.05) is 13.2 Å². The highest BCUT2D eigenvalue weighted by Gasteiger charge is 2.50. The van der Waals surface area contributed by atoms with Crippen molar-refractivity contribution in [1.82, 2.24) is 0 Å². The molecule has 0 aliphatic carbocycles. The predicted molar refractivity (Wildman–Crippen MR) is 156 cm³/mol. The van der Waals surface area contributed by atoms with Gasteiger partial charge in [-0.05, 0) is 51.6 Å². The summed E-state index contributed by atoms with van der Waals surface area (Å²) >= 11 is 0. The SMILES string of the molecule is C[C@H](C[C@H](C)COCc1ccccc1)C[C@@H](C)CO[Si](c1ccccc1)(c1ccccc1)C(C)(C)C. The van der Waals surface area contributed by atoms with Gasteiger partial charge in [-0.15, -0.1) is 0 Å². The first kappa shape index (κ1) is 28.4. The number of hydrogen-bond acceptors (Lipinski definition) is 2. The van der Waals surface area contributed by atoms with Crippen molar-refractivity contribution < 1.29 is 9.16 Å². The summed E-state index contributed by atoms with van der Waals surface area (Å²) in [6.45, 7) is 16.4. The van der Waals surface area contributed by atoms with E-state index in [-0.39, 0.29) is 5.04 Å². The molecule has 0 aliphatic heterocycles. The van der Waals surface area contributed by atoms with E-state index in [9.17, 15) is 0 Å². The number of rotatable bonds is 13. The fourth-order valence-electron chi connectivity index (χ4n) is 5.59. The molecule has 0 N–H and O–H groups in total. The molecule has 3 aromatic rings. The summed E-state index contributed by atoms with van der Waals surface area (Å²) in [7, 11) is -2.47. The van der Waals surface area contributed by atoms with Gasteiger partial charge in [0.25, 0.3) is 8.32 Å². The van der Waals surface area contributed by atoms with Crippen LogP contribution in [0.15, 0.2) is 91.0 Å². The summed E-state index contributed by atoms with van der Waals surface area (Å²) < 4.78 is 13.2. The summed E-state index contributed by atoms with van der Waals surface area (Å²) in [5.74, 6) is 1.69. The zero-order valence-electron chi connectivity index (χ0n) is 23.2. The van der Waals surface area contributed by atoms with E-state index < -0.39 is 8.32 Å². The van der Waals surface area contributed by atoms with E-state index in [1.54, 1.807) is 0 Å². The molecule has 0 amide bonds. The van der Waals surface area contributed by atoms with E-state index in [1.165, 1.54) is 28.8 Å². The molecule has 3 heteroatoms. The first-order valence-electron chi connectivity index (χ1n) is 13.6. The lowest BCUT2D eigenvalue weighted by molar-refractivity contribution is 0.0827. The number of ether oxygens (including phenoxy) is 1. The Bertz CT molecular complexity index is 959. The Labute approximate surface area is 221 Å². The molecule has 2 nitrogen and oxygen atoms in total. The van der Waals surface area contributed by atoms with Crippen LogP contribution < -0.4 is 10.4 Å². The Morgan fingerprint density at radius 2 is 1.06 bits per heavy atom. The summed E-state index contributed by atoms with van der Waals surface area (Å²) in [5.41, 5.74) is 1.24. The topological polar surface area (TPSA) is 18.5 Å². The molecule has 3 atom stereocenters. The molecule has 0 heterocycles. The average molecular weight is 503 g/mol. The fraction of sp³-hybridized carbons (Fsp3) is 0.455. The maximum atomic E-state index is 7.16. The van der Waals surface area contributed by atoms with Crippen LogP contribution in [0, 0.1) is 17.8 Å². The molecule has 194 valence electrons. The van der Waals surface area contributed by atoms with Crippen molar-refractivity contribution in [3.8, 4) is 0 Å². The Morgan fingerprint density at radius 3 is 1.53 bits per heavy atom. The standard InChI is InChI=1S/C33H46O2Si/c1-27(22-28(2)24-34-26-30-16-10-7-11-17-30)23-29(3)25-35-36(33(4,5)6,31-18-12-8-13-19-31)32-20-14-9-15-21-32/h7-21,27-29H,22-26H2,1-6H3/t27-,28+,29-/m1/s1. The molecular formula is C33H46O2Si. The van der Waals surface area contributed by atoms with E-state index in [0.717, 1.165) is 13.2 Å². The third-order valence-corrected chi connectivity index (χ3v) is 12.1. The van der Waals surface area contributed by atoms with Crippen LogP contribution in [0.25, 0.3) is 0 Å². The lowest BCUT2D eigenvalue weighted by Gasteiger charge is -2.43. The molecule has 0 spiro atoms. The van der Waals surface area contributed by atoms with Gasteiger partial charge in [0.1, 0.15) is 0 Å². The first-order valence-corrected chi connectivity index (χ1v) is 15.5.